The van der Waals surface area contributed by atoms with E-state index in [1.165, 1.54) is 6.20 Å². The molecule has 0 radical (unpaired) electrons. The van der Waals surface area contributed by atoms with Crippen molar-refractivity contribution in [1.29, 1.82) is 0 Å². The molecule has 1 aromatic carbocycles. The molecule has 0 saturated heterocycles. The number of ether oxygens (including phenoxy) is 1. The van der Waals surface area contributed by atoms with Gasteiger partial charge in [-0.2, -0.15) is 5.10 Å². The molecule has 0 aliphatic rings. The zero-order chi connectivity index (χ0) is 14.4. The Hall–Kier alpha value is -2.14. The molecule has 0 aliphatic heterocycles. The first kappa shape index (κ1) is 14.3. The fourth-order valence-corrected chi connectivity index (χ4v) is 1.77. The molecule has 6 heteroatoms. The van der Waals surface area contributed by atoms with E-state index in [-0.39, 0.29) is 5.91 Å². The number of amides is 1. The van der Waals surface area contributed by atoms with Crippen LogP contribution < -0.4 is 10.1 Å². The predicted molar refractivity (Wildman–Crippen MR) is 76.8 cm³/mol. The third-order valence-electron chi connectivity index (χ3n) is 2.59. The van der Waals surface area contributed by atoms with Gasteiger partial charge < -0.3 is 10.1 Å². The third-order valence-corrected chi connectivity index (χ3v) is 2.90. The van der Waals surface area contributed by atoms with Crippen molar-refractivity contribution < 1.29 is 9.53 Å². The fraction of sp³-hybridized carbons (Fsp3) is 0.214. The van der Waals surface area contributed by atoms with Crippen LogP contribution >= 0.6 is 11.6 Å². The summed E-state index contributed by atoms with van der Waals surface area (Å²) in [6.45, 7) is 1.86. The Balaban J connectivity index is 2.05. The van der Waals surface area contributed by atoms with Crippen LogP contribution in [0.1, 0.15) is 13.3 Å². The summed E-state index contributed by atoms with van der Waals surface area (Å²) in [5, 5.41) is 10.6. The number of nitrogens with one attached hydrogen (secondary N) is 1. The van der Waals surface area contributed by atoms with Crippen LogP contribution in [-0.4, -0.2) is 22.2 Å². The summed E-state index contributed by atoms with van der Waals surface area (Å²) in [7, 11) is 0. The van der Waals surface area contributed by atoms with Crippen molar-refractivity contribution in [2.75, 3.05) is 5.32 Å². The molecule has 1 amide bonds. The topological polar surface area (TPSA) is 64.1 Å². The first-order valence-electron chi connectivity index (χ1n) is 6.20. The van der Waals surface area contributed by atoms with Crippen molar-refractivity contribution in [3.63, 3.8) is 0 Å². The minimum atomic E-state index is -0.642. The fourth-order valence-electron chi connectivity index (χ4n) is 1.59. The summed E-state index contributed by atoms with van der Waals surface area (Å²) in [6, 6.07) is 10.4. The van der Waals surface area contributed by atoms with E-state index in [0.717, 1.165) is 0 Å². The van der Waals surface area contributed by atoms with E-state index in [2.05, 4.69) is 15.5 Å². The standard InChI is InChI=1S/C14H14ClN3O2/c1-2-11(20-12-7-4-3-6-10(12)15)14(19)17-13-8-5-9-16-18-13/h3-9,11H,2H2,1H3,(H,17,18,19)/t11-/m1/s1. The second kappa shape index (κ2) is 6.86. The first-order chi connectivity index (χ1) is 9.70. The highest BCUT2D eigenvalue weighted by Crippen LogP contribution is 2.25. The molecule has 1 N–H and O–H groups in total. The van der Waals surface area contributed by atoms with Crippen LogP contribution in [0.25, 0.3) is 0 Å². The highest BCUT2D eigenvalue weighted by molar-refractivity contribution is 6.32. The van der Waals surface area contributed by atoms with Crippen LogP contribution in [0.5, 0.6) is 5.75 Å². The summed E-state index contributed by atoms with van der Waals surface area (Å²) >= 11 is 6.01. The Labute approximate surface area is 121 Å². The van der Waals surface area contributed by atoms with Gasteiger partial charge in [0.15, 0.2) is 11.9 Å². The number of anilines is 1. The molecule has 0 unspecified atom stereocenters. The second-order valence-corrected chi connectivity index (χ2v) is 4.45. The van der Waals surface area contributed by atoms with Crippen LogP contribution in [0.4, 0.5) is 5.82 Å². The average Bonchev–Trinajstić information content (AvgIpc) is 2.47. The minimum Gasteiger partial charge on any atom is -0.479 e. The van der Waals surface area contributed by atoms with Crippen molar-refractivity contribution in [3.05, 3.63) is 47.6 Å². The Bertz CT molecular complexity index is 578. The maximum absolute atomic E-state index is 12.1. The van der Waals surface area contributed by atoms with E-state index in [1.54, 1.807) is 36.4 Å². The lowest BCUT2D eigenvalue weighted by Gasteiger charge is -2.17. The van der Waals surface area contributed by atoms with Gasteiger partial charge in [-0.1, -0.05) is 30.7 Å². The quantitative estimate of drug-likeness (QED) is 0.920. The number of benzene rings is 1. The molecular formula is C14H14ClN3O2. The lowest BCUT2D eigenvalue weighted by molar-refractivity contribution is -0.122. The van der Waals surface area contributed by atoms with Crippen molar-refractivity contribution >= 4 is 23.3 Å². The van der Waals surface area contributed by atoms with Gasteiger partial charge in [0.05, 0.1) is 5.02 Å². The number of halogens is 1. The second-order valence-electron chi connectivity index (χ2n) is 4.04. The molecule has 0 spiro atoms. The molecule has 2 rings (SSSR count). The summed E-state index contributed by atoms with van der Waals surface area (Å²) in [5.41, 5.74) is 0. The highest BCUT2D eigenvalue weighted by Gasteiger charge is 2.19. The zero-order valence-electron chi connectivity index (χ0n) is 10.9. The Kier molecular flexibility index (Phi) is 4.90. The van der Waals surface area contributed by atoms with Crippen molar-refractivity contribution in [2.45, 2.75) is 19.4 Å². The lowest BCUT2D eigenvalue weighted by atomic mass is 10.2. The smallest absolute Gasteiger partial charge is 0.266 e. The molecule has 104 valence electrons. The van der Waals surface area contributed by atoms with Crippen molar-refractivity contribution in [2.24, 2.45) is 0 Å². The maximum Gasteiger partial charge on any atom is 0.266 e. The van der Waals surface area contributed by atoms with Crippen LogP contribution in [-0.2, 0) is 4.79 Å². The Morgan fingerprint density at radius 1 is 1.35 bits per heavy atom. The number of hydrogen-bond donors (Lipinski definition) is 1. The molecule has 0 fully saturated rings. The SMILES string of the molecule is CC[C@@H](Oc1ccccc1Cl)C(=O)Nc1cccnn1. The number of nitrogens with zero attached hydrogens (tertiary/aromatic N) is 2. The van der Waals surface area contributed by atoms with E-state index >= 15 is 0 Å². The van der Waals surface area contributed by atoms with Gasteiger partial charge in [0.25, 0.3) is 5.91 Å². The van der Waals surface area contributed by atoms with E-state index in [1.807, 2.05) is 6.92 Å². The van der Waals surface area contributed by atoms with Gasteiger partial charge in [-0.05, 0) is 30.7 Å². The lowest BCUT2D eigenvalue weighted by Crippen LogP contribution is -2.32. The summed E-state index contributed by atoms with van der Waals surface area (Å²) in [6.07, 6.45) is 1.40. The van der Waals surface area contributed by atoms with Gasteiger partial charge in [-0.25, -0.2) is 0 Å². The van der Waals surface area contributed by atoms with Crippen LogP contribution in [0.15, 0.2) is 42.6 Å². The van der Waals surface area contributed by atoms with Crippen LogP contribution in [0.2, 0.25) is 5.02 Å². The average molecular weight is 292 g/mol. The summed E-state index contributed by atoms with van der Waals surface area (Å²) in [5.74, 6) is 0.585. The number of carbonyl (C=O) groups excluding carboxylic acids is 1. The molecule has 0 bridgehead atoms. The van der Waals surface area contributed by atoms with E-state index < -0.39 is 6.10 Å². The highest BCUT2D eigenvalue weighted by atomic mass is 35.5. The molecule has 20 heavy (non-hydrogen) atoms. The molecule has 2 aromatic rings. The molecule has 1 heterocycles. The summed E-state index contributed by atoms with van der Waals surface area (Å²) in [4.78, 5) is 12.1. The normalized spacial score (nSPS) is 11.7. The van der Waals surface area contributed by atoms with Gasteiger partial charge in [0, 0.05) is 6.20 Å². The largest absolute Gasteiger partial charge is 0.479 e. The Morgan fingerprint density at radius 2 is 2.15 bits per heavy atom. The third kappa shape index (κ3) is 3.68. The number of carbonyl (C=O) groups is 1. The van der Waals surface area contributed by atoms with Crippen LogP contribution in [0, 0.1) is 0 Å². The van der Waals surface area contributed by atoms with Gasteiger partial charge >= 0.3 is 0 Å². The number of hydrogen-bond acceptors (Lipinski definition) is 4. The number of rotatable bonds is 5. The first-order valence-corrected chi connectivity index (χ1v) is 6.58. The van der Waals surface area contributed by atoms with Gasteiger partial charge in [0.1, 0.15) is 5.75 Å². The minimum absolute atomic E-state index is 0.284. The van der Waals surface area contributed by atoms with Gasteiger partial charge in [-0.3, -0.25) is 4.79 Å². The van der Waals surface area contributed by atoms with Crippen LogP contribution in [0.3, 0.4) is 0 Å². The van der Waals surface area contributed by atoms with E-state index in [9.17, 15) is 4.79 Å². The van der Waals surface area contributed by atoms with Gasteiger partial charge in [-0.15, -0.1) is 5.10 Å². The molecular weight excluding hydrogens is 278 g/mol. The van der Waals surface area contributed by atoms with E-state index in [0.29, 0.717) is 23.0 Å². The van der Waals surface area contributed by atoms with Gasteiger partial charge in [0.2, 0.25) is 0 Å². The summed E-state index contributed by atoms with van der Waals surface area (Å²) < 4.78 is 5.64. The maximum atomic E-state index is 12.1. The van der Waals surface area contributed by atoms with Crippen molar-refractivity contribution in [1.82, 2.24) is 10.2 Å². The number of aromatic nitrogens is 2. The zero-order valence-corrected chi connectivity index (χ0v) is 11.7. The molecule has 0 aliphatic carbocycles. The molecule has 5 nitrogen and oxygen atoms in total. The number of para-hydroxylation sites is 1. The van der Waals surface area contributed by atoms with E-state index in [4.69, 9.17) is 16.3 Å². The van der Waals surface area contributed by atoms with Crippen molar-refractivity contribution in [3.8, 4) is 5.75 Å². The molecule has 0 saturated carbocycles. The molecule has 1 atom stereocenters. The predicted octanol–water partition coefficient (Wildman–Crippen LogP) is 2.93. The molecule has 1 aromatic heterocycles. The monoisotopic (exact) mass is 291 g/mol. The Morgan fingerprint density at radius 3 is 2.80 bits per heavy atom.